The third-order valence-electron chi connectivity index (χ3n) is 3.20. The van der Waals surface area contributed by atoms with E-state index in [-0.39, 0.29) is 11.5 Å². The van der Waals surface area contributed by atoms with Gasteiger partial charge in [-0.2, -0.15) is 0 Å². The van der Waals surface area contributed by atoms with Gasteiger partial charge in [-0.25, -0.2) is 17.5 Å². The Morgan fingerprint density at radius 2 is 2.06 bits per heavy atom. The van der Waals surface area contributed by atoms with Crippen LogP contribution < -0.4 is 4.72 Å². The minimum absolute atomic E-state index is 0.220. The molecule has 2 rings (SSSR count). The molecule has 1 aromatic rings. The fourth-order valence-electron chi connectivity index (χ4n) is 2.23. The molecule has 100 valence electrons. The predicted octanol–water partition coefficient (Wildman–Crippen LogP) is 0.804. The number of nitrogens with one attached hydrogen (secondary N) is 1. The van der Waals surface area contributed by atoms with E-state index in [2.05, 4.69) is 9.71 Å². The van der Waals surface area contributed by atoms with E-state index < -0.39 is 21.4 Å². The third kappa shape index (κ3) is 2.68. The SMILES string of the molecule is O=S(=O)(NC1(CO)CCCC1)c1cncc(F)c1. The predicted molar refractivity (Wildman–Crippen MR) is 62.8 cm³/mol. The molecule has 1 heterocycles. The summed E-state index contributed by atoms with van der Waals surface area (Å²) in [5.74, 6) is -0.706. The van der Waals surface area contributed by atoms with Crippen LogP contribution in [0.25, 0.3) is 0 Å². The van der Waals surface area contributed by atoms with E-state index in [9.17, 15) is 17.9 Å². The third-order valence-corrected chi connectivity index (χ3v) is 4.75. The highest BCUT2D eigenvalue weighted by molar-refractivity contribution is 7.89. The van der Waals surface area contributed by atoms with Crippen LogP contribution in [0.15, 0.2) is 23.4 Å². The van der Waals surface area contributed by atoms with Crippen LogP contribution in [0.3, 0.4) is 0 Å². The molecule has 5 nitrogen and oxygen atoms in total. The number of nitrogens with zero attached hydrogens (tertiary/aromatic N) is 1. The number of halogens is 1. The first-order valence-electron chi connectivity index (χ1n) is 5.73. The van der Waals surface area contributed by atoms with Crippen molar-refractivity contribution in [2.75, 3.05) is 6.61 Å². The van der Waals surface area contributed by atoms with Crippen LogP contribution in [0.4, 0.5) is 4.39 Å². The molecule has 0 amide bonds. The van der Waals surface area contributed by atoms with E-state index in [1.165, 1.54) is 0 Å². The normalized spacial score (nSPS) is 19.0. The van der Waals surface area contributed by atoms with Crippen molar-refractivity contribution in [3.8, 4) is 0 Å². The summed E-state index contributed by atoms with van der Waals surface area (Å²) in [6.07, 6.45) is 4.94. The molecule has 0 bridgehead atoms. The van der Waals surface area contributed by atoms with Gasteiger partial charge in [-0.1, -0.05) is 12.8 Å². The van der Waals surface area contributed by atoms with Crippen molar-refractivity contribution in [3.63, 3.8) is 0 Å². The molecule has 1 fully saturated rings. The number of sulfonamides is 1. The molecule has 0 aromatic carbocycles. The van der Waals surface area contributed by atoms with Gasteiger partial charge in [0.2, 0.25) is 10.0 Å². The number of pyridine rings is 1. The number of hydrogen-bond acceptors (Lipinski definition) is 4. The Morgan fingerprint density at radius 1 is 1.39 bits per heavy atom. The van der Waals surface area contributed by atoms with Crippen LogP contribution in [-0.4, -0.2) is 30.7 Å². The number of rotatable bonds is 4. The molecule has 0 aliphatic heterocycles. The summed E-state index contributed by atoms with van der Waals surface area (Å²) in [6, 6.07) is 0.912. The maximum absolute atomic E-state index is 13.0. The van der Waals surface area contributed by atoms with Crippen molar-refractivity contribution >= 4 is 10.0 Å². The Kier molecular flexibility index (Phi) is 3.65. The molecule has 1 aliphatic rings. The van der Waals surface area contributed by atoms with Gasteiger partial charge in [-0.05, 0) is 18.9 Å². The molecule has 0 radical (unpaired) electrons. The van der Waals surface area contributed by atoms with Crippen molar-refractivity contribution in [3.05, 3.63) is 24.3 Å². The highest BCUT2D eigenvalue weighted by atomic mass is 32.2. The van der Waals surface area contributed by atoms with Gasteiger partial charge in [0.1, 0.15) is 10.7 Å². The number of hydrogen-bond donors (Lipinski definition) is 2. The molecule has 7 heteroatoms. The average molecular weight is 274 g/mol. The first-order chi connectivity index (χ1) is 8.47. The number of aromatic nitrogens is 1. The van der Waals surface area contributed by atoms with Crippen molar-refractivity contribution in [1.29, 1.82) is 0 Å². The van der Waals surface area contributed by atoms with E-state index in [1.807, 2.05) is 0 Å². The Balaban J connectivity index is 2.27. The Labute approximate surface area is 105 Å². The van der Waals surface area contributed by atoms with Gasteiger partial charge in [0, 0.05) is 6.20 Å². The van der Waals surface area contributed by atoms with E-state index in [1.54, 1.807) is 0 Å². The van der Waals surface area contributed by atoms with Crippen LogP contribution in [0, 0.1) is 5.82 Å². The first-order valence-corrected chi connectivity index (χ1v) is 7.21. The van der Waals surface area contributed by atoms with Gasteiger partial charge in [-0.3, -0.25) is 4.98 Å². The Morgan fingerprint density at radius 3 is 2.61 bits per heavy atom. The first kappa shape index (κ1) is 13.4. The lowest BCUT2D eigenvalue weighted by molar-refractivity contribution is 0.185. The van der Waals surface area contributed by atoms with Crippen molar-refractivity contribution < 1.29 is 17.9 Å². The molecule has 1 saturated carbocycles. The number of aliphatic hydroxyl groups excluding tert-OH is 1. The second-order valence-corrected chi connectivity index (χ2v) is 6.27. The van der Waals surface area contributed by atoms with Gasteiger partial charge in [0.25, 0.3) is 0 Å². The van der Waals surface area contributed by atoms with Gasteiger partial charge in [0.15, 0.2) is 0 Å². The average Bonchev–Trinajstić information content (AvgIpc) is 2.77. The molecule has 1 aliphatic carbocycles. The molecule has 18 heavy (non-hydrogen) atoms. The van der Waals surface area contributed by atoms with Crippen molar-refractivity contribution in [2.24, 2.45) is 0 Å². The quantitative estimate of drug-likeness (QED) is 0.851. The summed E-state index contributed by atoms with van der Waals surface area (Å²) in [6.45, 7) is -0.255. The molecule has 0 spiro atoms. The minimum Gasteiger partial charge on any atom is -0.394 e. The van der Waals surface area contributed by atoms with E-state index >= 15 is 0 Å². The topological polar surface area (TPSA) is 79.3 Å². The summed E-state index contributed by atoms with van der Waals surface area (Å²) in [5.41, 5.74) is -0.814. The lowest BCUT2D eigenvalue weighted by Crippen LogP contribution is -2.49. The fourth-order valence-corrected chi connectivity index (χ4v) is 3.65. The van der Waals surface area contributed by atoms with Gasteiger partial charge in [-0.15, -0.1) is 0 Å². The van der Waals surface area contributed by atoms with Crippen LogP contribution in [-0.2, 0) is 10.0 Å². The highest BCUT2D eigenvalue weighted by Gasteiger charge is 2.37. The number of aliphatic hydroxyl groups is 1. The maximum atomic E-state index is 13.0. The van der Waals surface area contributed by atoms with Crippen LogP contribution in [0.5, 0.6) is 0 Å². The summed E-state index contributed by atoms with van der Waals surface area (Å²) in [4.78, 5) is 3.30. The van der Waals surface area contributed by atoms with Gasteiger partial charge < -0.3 is 5.11 Å². The zero-order valence-corrected chi connectivity index (χ0v) is 10.6. The fraction of sp³-hybridized carbons (Fsp3) is 0.545. The summed E-state index contributed by atoms with van der Waals surface area (Å²) in [7, 11) is -3.85. The molecule has 0 unspecified atom stereocenters. The summed E-state index contributed by atoms with van der Waals surface area (Å²) < 4.78 is 39.6. The molecule has 0 atom stereocenters. The second-order valence-electron chi connectivity index (χ2n) is 4.59. The van der Waals surface area contributed by atoms with Gasteiger partial charge in [0.05, 0.1) is 18.3 Å². The smallest absolute Gasteiger partial charge is 0.242 e. The maximum Gasteiger partial charge on any atom is 0.242 e. The molecule has 1 aromatic heterocycles. The zero-order valence-electron chi connectivity index (χ0n) is 9.76. The van der Waals surface area contributed by atoms with Gasteiger partial charge >= 0.3 is 0 Å². The Bertz CT molecular complexity index is 527. The lowest BCUT2D eigenvalue weighted by Gasteiger charge is -2.27. The molecular formula is C11H15FN2O3S. The summed E-state index contributed by atoms with van der Waals surface area (Å²) >= 11 is 0. The standard InChI is InChI=1S/C11H15FN2O3S/c12-9-5-10(7-13-6-9)18(16,17)14-11(8-15)3-1-2-4-11/h5-7,14-15H,1-4,8H2. The van der Waals surface area contributed by atoms with Crippen LogP contribution in [0.1, 0.15) is 25.7 Å². The Hall–Kier alpha value is -1.05. The molecular weight excluding hydrogens is 259 g/mol. The van der Waals surface area contributed by atoms with Crippen molar-refractivity contribution in [1.82, 2.24) is 9.71 Å². The monoisotopic (exact) mass is 274 g/mol. The molecule has 2 N–H and O–H groups in total. The molecule has 0 saturated heterocycles. The highest BCUT2D eigenvalue weighted by Crippen LogP contribution is 2.30. The van der Waals surface area contributed by atoms with Crippen LogP contribution in [0.2, 0.25) is 0 Å². The van der Waals surface area contributed by atoms with Crippen molar-refractivity contribution in [2.45, 2.75) is 36.1 Å². The zero-order chi connectivity index (χ0) is 13.2. The second kappa shape index (κ2) is 4.91. The summed E-state index contributed by atoms with van der Waals surface area (Å²) in [5, 5.41) is 9.36. The van der Waals surface area contributed by atoms with Crippen LogP contribution >= 0.6 is 0 Å². The van der Waals surface area contributed by atoms with E-state index in [4.69, 9.17) is 0 Å². The minimum atomic E-state index is -3.85. The lowest BCUT2D eigenvalue weighted by atomic mass is 10.0. The van der Waals surface area contributed by atoms with E-state index in [0.717, 1.165) is 31.3 Å². The largest absolute Gasteiger partial charge is 0.394 e. The van der Waals surface area contributed by atoms with E-state index in [0.29, 0.717) is 12.8 Å².